The van der Waals surface area contributed by atoms with E-state index in [1.165, 1.54) is 0 Å². The van der Waals surface area contributed by atoms with Gasteiger partial charge in [-0.05, 0) is 26.1 Å². The molecule has 0 saturated carbocycles. The van der Waals surface area contributed by atoms with Crippen molar-refractivity contribution in [2.45, 2.75) is 6.42 Å². The lowest BCUT2D eigenvalue weighted by Gasteiger charge is -2.19. The smallest absolute Gasteiger partial charge is 0.214 e. The van der Waals surface area contributed by atoms with E-state index in [0.717, 1.165) is 25.2 Å². The molecule has 0 atom stereocenters. The van der Waals surface area contributed by atoms with Crippen LogP contribution in [0.3, 0.4) is 0 Å². The van der Waals surface area contributed by atoms with Gasteiger partial charge >= 0.3 is 0 Å². The zero-order valence-corrected chi connectivity index (χ0v) is 9.66. The summed E-state index contributed by atoms with van der Waals surface area (Å²) in [7, 11) is 5.67. The summed E-state index contributed by atoms with van der Waals surface area (Å²) in [5.41, 5.74) is 1.14. The summed E-state index contributed by atoms with van der Waals surface area (Å²) in [4.78, 5) is 6.27. The SMILES string of the molecule is CNCCCN(C)c1ccnc(OC)c1. The first-order valence-electron chi connectivity index (χ1n) is 5.13. The summed E-state index contributed by atoms with van der Waals surface area (Å²) in [5.74, 6) is 0.660. The number of pyridine rings is 1. The largest absolute Gasteiger partial charge is 0.481 e. The Balaban J connectivity index is 2.52. The molecule has 0 aliphatic heterocycles. The third kappa shape index (κ3) is 3.75. The molecular weight excluding hydrogens is 190 g/mol. The topological polar surface area (TPSA) is 37.4 Å². The Bertz CT molecular complexity index is 291. The van der Waals surface area contributed by atoms with Gasteiger partial charge in [0, 0.05) is 31.5 Å². The van der Waals surface area contributed by atoms with Gasteiger partial charge in [-0.3, -0.25) is 0 Å². The second-order valence-electron chi connectivity index (χ2n) is 3.44. The molecule has 0 bridgehead atoms. The Labute approximate surface area is 91.3 Å². The molecule has 0 saturated heterocycles. The minimum Gasteiger partial charge on any atom is -0.481 e. The van der Waals surface area contributed by atoms with Gasteiger partial charge in [0.25, 0.3) is 0 Å². The third-order valence-corrected chi connectivity index (χ3v) is 2.29. The molecule has 4 nitrogen and oxygen atoms in total. The van der Waals surface area contributed by atoms with Crippen LogP contribution in [-0.2, 0) is 0 Å². The first-order chi connectivity index (χ1) is 7.27. The summed E-state index contributed by atoms with van der Waals surface area (Å²) in [6.07, 6.45) is 2.89. The number of aromatic nitrogens is 1. The van der Waals surface area contributed by atoms with E-state index in [4.69, 9.17) is 4.74 Å². The Morgan fingerprint density at radius 2 is 2.33 bits per heavy atom. The number of hydrogen-bond acceptors (Lipinski definition) is 4. The van der Waals surface area contributed by atoms with Crippen LogP contribution in [-0.4, -0.2) is 39.3 Å². The van der Waals surface area contributed by atoms with Gasteiger partial charge in [0.1, 0.15) is 0 Å². The van der Waals surface area contributed by atoms with Gasteiger partial charge in [0.15, 0.2) is 0 Å². The van der Waals surface area contributed by atoms with E-state index in [1.54, 1.807) is 13.3 Å². The van der Waals surface area contributed by atoms with E-state index in [0.29, 0.717) is 5.88 Å². The number of anilines is 1. The van der Waals surface area contributed by atoms with Crippen molar-refractivity contribution in [2.24, 2.45) is 0 Å². The molecule has 1 heterocycles. The zero-order chi connectivity index (χ0) is 11.1. The molecule has 0 unspecified atom stereocenters. The molecule has 0 fully saturated rings. The quantitative estimate of drug-likeness (QED) is 0.713. The zero-order valence-electron chi connectivity index (χ0n) is 9.66. The van der Waals surface area contributed by atoms with Gasteiger partial charge in [-0.25, -0.2) is 4.98 Å². The number of nitrogens with one attached hydrogen (secondary N) is 1. The number of nitrogens with zero attached hydrogens (tertiary/aromatic N) is 2. The molecule has 1 aromatic heterocycles. The highest BCUT2D eigenvalue weighted by atomic mass is 16.5. The monoisotopic (exact) mass is 209 g/mol. The highest BCUT2D eigenvalue weighted by molar-refractivity contribution is 5.47. The number of hydrogen-bond donors (Lipinski definition) is 1. The molecule has 1 N–H and O–H groups in total. The maximum absolute atomic E-state index is 5.08. The molecule has 0 aliphatic rings. The van der Waals surface area contributed by atoms with Crippen LogP contribution in [0.25, 0.3) is 0 Å². The van der Waals surface area contributed by atoms with E-state index in [1.807, 2.05) is 19.2 Å². The lowest BCUT2D eigenvalue weighted by Crippen LogP contribution is -2.22. The van der Waals surface area contributed by atoms with Gasteiger partial charge in [-0.15, -0.1) is 0 Å². The van der Waals surface area contributed by atoms with Crippen LogP contribution < -0.4 is 15.0 Å². The molecule has 1 aromatic rings. The van der Waals surface area contributed by atoms with Crippen molar-refractivity contribution < 1.29 is 4.74 Å². The highest BCUT2D eigenvalue weighted by Crippen LogP contribution is 2.16. The molecule has 0 radical (unpaired) electrons. The van der Waals surface area contributed by atoms with Gasteiger partial charge < -0.3 is 15.0 Å². The van der Waals surface area contributed by atoms with Crippen LogP contribution in [0, 0.1) is 0 Å². The number of rotatable bonds is 6. The molecule has 84 valence electrons. The summed E-state index contributed by atoms with van der Waals surface area (Å²) in [6.45, 7) is 2.06. The highest BCUT2D eigenvalue weighted by Gasteiger charge is 2.01. The summed E-state index contributed by atoms with van der Waals surface area (Å²) in [5, 5.41) is 3.13. The fraction of sp³-hybridized carbons (Fsp3) is 0.545. The van der Waals surface area contributed by atoms with Crippen molar-refractivity contribution in [1.29, 1.82) is 0 Å². The minimum atomic E-state index is 0.660. The normalized spacial score (nSPS) is 10.1. The van der Waals surface area contributed by atoms with Crippen molar-refractivity contribution >= 4 is 5.69 Å². The molecule has 15 heavy (non-hydrogen) atoms. The summed E-state index contributed by atoms with van der Waals surface area (Å²) < 4.78 is 5.08. The van der Waals surface area contributed by atoms with Crippen LogP contribution in [0.15, 0.2) is 18.3 Å². The van der Waals surface area contributed by atoms with Gasteiger partial charge in [-0.2, -0.15) is 0 Å². The van der Waals surface area contributed by atoms with Crippen molar-refractivity contribution in [3.8, 4) is 5.88 Å². The van der Waals surface area contributed by atoms with Crippen molar-refractivity contribution in [3.63, 3.8) is 0 Å². The van der Waals surface area contributed by atoms with Crippen LogP contribution in [0.2, 0.25) is 0 Å². The summed E-state index contributed by atoms with van der Waals surface area (Å²) >= 11 is 0. The van der Waals surface area contributed by atoms with Crippen molar-refractivity contribution in [2.75, 3.05) is 39.2 Å². The van der Waals surface area contributed by atoms with Crippen molar-refractivity contribution in [3.05, 3.63) is 18.3 Å². The predicted molar refractivity (Wildman–Crippen MR) is 62.6 cm³/mol. The van der Waals surface area contributed by atoms with E-state index >= 15 is 0 Å². The van der Waals surface area contributed by atoms with E-state index in [2.05, 4.69) is 22.2 Å². The lowest BCUT2D eigenvalue weighted by atomic mass is 10.3. The molecule has 0 aromatic carbocycles. The maximum Gasteiger partial charge on any atom is 0.214 e. The lowest BCUT2D eigenvalue weighted by molar-refractivity contribution is 0.398. The average molecular weight is 209 g/mol. The second kappa shape index (κ2) is 6.24. The van der Waals surface area contributed by atoms with Crippen LogP contribution in [0.1, 0.15) is 6.42 Å². The average Bonchev–Trinajstić information content (AvgIpc) is 2.29. The Morgan fingerprint density at radius 3 is 3.00 bits per heavy atom. The Morgan fingerprint density at radius 1 is 1.53 bits per heavy atom. The van der Waals surface area contributed by atoms with Crippen molar-refractivity contribution in [1.82, 2.24) is 10.3 Å². The first-order valence-corrected chi connectivity index (χ1v) is 5.13. The molecule has 0 aliphatic carbocycles. The fourth-order valence-corrected chi connectivity index (χ4v) is 1.37. The molecular formula is C11H19N3O. The van der Waals surface area contributed by atoms with Gasteiger partial charge in [0.2, 0.25) is 5.88 Å². The first kappa shape index (κ1) is 11.8. The molecule has 0 spiro atoms. The second-order valence-corrected chi connectivity index (χ2v) is 3.44. The van der Waals surface area contributed by atoms with E-state index in [-0.39, 0.29) is 0 Å². The van der Waals surface area contributed by atoms with E-state index < -0.39 is 0 Å². The fourth-order valence-electron chi connectivity index (χ4n) is 1.37. The van der Waals surface area contributed by atoms with Crippen LogP contribution in [0.4, 0.5) is 5.69 Å². The predicted octanol–water partition coefficient (Wildman–Crippen LogP) is 1.14. The molecule has 0 amide bonds. The minimum absolute atomic E-state index is 0.660. The third-order valence-electron chi connectivity index (χ3n) is 2.29. The van der Waals surface area contributed by atoms with Gasteiger partial charge in [-0.1, -0.05) is 0 Å². The van der Waals surface area contributed by atoms with Crippen LogP contribution >= 0.6 is 0 Å². The molecule has 4 heteroatoms. The summed E-state index contributed by atoms with van der Waals surface area (Å²) in [6, 6.07) is 3.93. The Hall–Kier alpha value is -1.29. The standard InChI is InChI=1S/C11H19N3O/c1-12-6-4-8-14(2)10-5-7-13-11(9-10)15-3/h5,7,9,12H,4,6,8H2,1-3H3. The number of methoxy groups -OCH3 is 1. The van der Waals surface area contributed by atoms with Crippen LogP contribution in [0.5, 0.6) is 5.88 Å². The van der Waals surface area contributed by atoms with Gasteiger partial charge in [0.05, 0.1) is 7.11 Å². The van der Waals surface area contributed by atoms with E-state index in [9.17, 15) is 0 Å². The maximum atomic E-state index is 5.08. The molecule has 1 rings (SSSR count). The number of ether oxygens (including phenoxy) is 1. The Kier molecular flexibility index (Phi) is 4.90.